The van der Waals surface area contributed by atoms with Crippen LogP contribution in [0.2, 0.25) is 0 Å². The Morgan fingerprint density at radius 3 is 2.44 bits per heavy atom. The maximum atomic E-state index is 15.2. The molecule has 0 atom stereocenters. The quantitative estimate of drug-likeness (QED) is 0.550. The van der Waals surface area contributed by atoms with Gasteiger partial charge in [-0.25, -0.2) is 13.2 Å². The molecule has 0 saturated heterocycles. The Labute approximate surface area is 155 Å². The first-order chi connectivity index (χ1) is 13.0. The summed E-state index contributed by atoms with van der Waals surface area (Å²) < 4.78 is 44.0. The summed E-state index contributed by atoms with van der Waals surface area (Å²) in [5.74, 6) is -2.17. The van der Waals surface area contributed by atoms with Gasteiger partial charge in [-0.2, -0.15) is 5.26 Å². The first-order valence-electron chi connectivity index (χ1n) is 8.86. The number of fused-ring (bicyclic) bond motifs is 3. The van der Waals surface area contributed by atoms with Crippen molar-refractivity contribution in [1.82, 2.24) is 0 Å². The van der Waals surface area contributed by atoms with Crippen molar-refractivity contribution in [2.75, 3.05) is 0 Å². The average molecular weight is 363 g/mol. The highest BCUT2D eigenvalue weighted by Crippen LogP contribution is 2.40. The van der Waals surface area contributed by atoms with E-state index in [0.717, 1.165) is 23.6 Å². The van der Waals surface area contributed by atoms with E-state index in [2.05, 4.69) is 13.0 Å². The monoisotopic (exact) mass is 363 g/mol. The van der Waals surface area contributed by atoms with Gasteiger partial charge in [0, 0.05) is 0 Å². The van der Waals surface area contributed by atoms with E-state index >= 15 is 4.39 Å². The number of nitriles is 1. The van der Waals surface area contributed by atoms with E-state index in [4.69, 9.17) is 5.26 Å². The Balaban J connectivity index is 1.89. The molecule has 0 aliphatic heterocycles. The summed E-state index contributed by atoms with van der Waals surface area (Å²) in [5, 5.41) is 8.84. The Kier molecular flexibility index (Phi) is 4.24. The van der Waals surface area contributed by atoms with Crippen molar-refractivity contribution in [3.05, 3.63) is 82.2 Å². The number of halogens is 3. The molecule has 27 heavy (non-hydrogen) atoms. The van der Waals surface area contributed by atoms with Crippen molar-refractivity contribution in [3.63, 3.8) is 0 Å². The van der Waals surface area contributed by atoms with Crippen LogP contribution in [-0.4, -0.2) is 0 Å². The van der Waals surface area contributed by atoms with Gasteiger partial charge in [-0.05, 0) is 70.8 Å². The predicted molar refractivity (Wildman–Crippen MR) is 98.7 cm³/mol. The van der Waals surface area contributed by atoms with Gasteiger partial charge in [0.1, 0.15) is 23.5 Å². The van der Waals surface area contributed by atoms with Gasteiger partial charge < -0.3 is 0 Å². The third kappa shape index (κ3) is 2.80. The molecule has 0 aromatic heterocycles. The minimum Gasteiger partial charge on any atom is -0.206 e. The van der Waals surface area contributed by atoms with Crippen molar-refractivity contribution in [3.8, 4) is 28.3 Å². The molecule has 0 amide bonds. The van der Waals surface area contributed by atoms with Crippen LogP contribution in [0.15, 0.2) is 42.5 Å². The fourth-order valence-corrected chi connectivity index (χ4v) is 3.77. The summed E-state index contributed by atoms with van der Waals surface area (Å²) in [6, 6.07) is 12.7. The van der Waals surface area contributed by atoms with Crippen LogP contribution in [-0.2, 0) is 19.3 Å². The van der Waals surface area contributed by atoms with E-state index in [-0.39, 0.29) is 16.7 Å². The zero-order valence-electron chi connectivity index (χ0n) is 14.7. The molecule has 0 radical (unpaired) electrons. The molecular formula is C23H16F3N. The van der Waals surface area contributed by atoms with Crippen molar-refractivity contribution in [2.45, 2.75) is 26.2 Å². The minimum absolute atomic E-state index is 0.0939. The lowest BCUT2D eigenvalue weighted by atomic mass is 9.82. The third-order valence-electron chi connectivity index (χ3n) is 5.21. The summed E-state index contributed by atoms with van der Waals surface area (Å²) in [5.41, 5.74) is 3.85. The third-order valence-corrected chi connectivity index (χ3v) is 5.21. The fourth-order valence-electron chi connectivity index (χ4n) is 3.77. The first kappa shape index (κ1) is 17.4. The molecule has 1 nitrogen and oxygen atoms in total. The molecular weight excluding hydrogens is 347 g/mol. The van der Waals surface area contributed by atoms with Gasteiger partial charge in [0.25, 0.3) is 0 Å². The van der Waals surface area contributed by atoms with E-state index in [0.29, 0.717) is 24.0 Å². The van der Waals surface area contributed by atoms with Crippen LogP contribution >= 0.6 is 0 Å². The second-order valence-electron chi connectivity index (χ2n) is 6.72. The normalized spacial score (nSPS) is 12.3. The molecule has 0 heterocycles. The van der Waals surface area contributed by atoms with Gasteiger partial charge >= 0.3 is 0 Å². The van der Waals surface area contributed by atoms with Crippen LogP contribution in [0.4, 0.5) is 13.2 Å². The molecule has 1 aliphatic carbocycles. The molecule has 3 aromatic rings. The minimum atomic E-state index is -0.788. The van der Waals surface area contributed by atoms with Gasteiger partial charge in [-0.1, -0.05) is 31.2 Å². The van der Waals surface area contributed by atoms with Gasteiger partial charge in [-0.15, -0.1) is 0 Å². The Morgan fingerprint density at radius 2 is 1.74 bits per heavy atom. The molecule has 1 aliphatic rings. The maximum absolute atomic E-state index is 15.2. The van der Waals surface area contributed by atoms with Gasteiger partial charge in [0.05, 0.1) is 11.1 Å². The molecule has 0 unspecified atom stereocenters. The molecule has 0 saturated carbocycles. The molecule has 0 N–H and O–H groups in total. The van der Waals surface area contributed by atoms with Crippen LogP contribution in [0.5, 0.6) is 0 Å². The molecule has 3 aromatic carbocycles. The van der Waals surface area contributed by atoms with E-state index < -0.39 is 17.5 Å². The Hall–Kier alpha value is -3.06. The van der Waals surface area contributed by atoms with Crippen LogP contribution in [0.25, 0.3) is 22.3 Å². The van der Waals surface area contributed by atoms with Gasteiger partial charge in [-0.3, -0.25) is 0 Å². The largest absolute Gasteiger partial charge is 0.206 e. The molecule has 134 valence electrons. The lowest BCUT2D eigenvalue weighted by Gasteiger charge is -2.23. The SMILES string of the molecule is CCc1ccc2c(c1)CCc1c-2cc(F)c(-c2ccc(C#N)c(F)c2)c1F. The maximum Gasteiger partial charge on any atom is 0.141 e. The number of hydrogen-bond donors (Lipinski definition) is 0. The number of nitrogens with zero attached hydrogens (tertiary/aromatic N) is 1. The van der Waals surface area contributed by atoms with Crippen LogP contribution in [0, 0.1) is 28.8 Å². The first-order valence-corrected chi connectivity index (χ1v) is 8.86. The summed E-state index contributed by atoms with van der Waals surface area (Å²) in [6.45, 7) is 2.07. The lowest BCUT2D eigenvalue weighted by Crippen LogP contribution is -2.09. The Bertz CT molecular complexity index is 1110. The van der Waals surface area contributed by atoms with Gasteiger partial charge in [0.15, 0.2) is 0 Å². The zero-order valence-corrected chi connectivity index (χ0v) is 14.7. The van der Waals surface area contributed by atoms with Crippen LogP contribution in [0.3, 0.4) is 0 Å². The predicted octanol–water partition coefficient (Wildman–Crippen LogP) is 5.97. The average Bonchev–Trinajstić information content (AvgIpc) is 2.67. The standard InChI is InChI=1S/C23H16F3N/c1-2-13-3-7-17-14(9-13)6-8-18-19(17)11-21(25)22(23(18)26)15-4-5-16(12-27)20(24)10-15/h3-5,7,9-11H,2,6,8H2,1H3. The molecule has 4 heteroatoms. The topological polar surface area (TPSA) is 23.8 Å². The highest BCUT2D eigenvalue weighted by molar-refractivity contribution is 5.78. The summed E-state index contributed by atoms with van der Waals surface area (Å²) >= 11 is 0. The van der Waals surface area contributed by atoms with Crippen molar-refractivity contribution in [2.24, 2.45) is 0 Å². The van der Waals surface area contributed by atoms with E-state index in [1.165, 1.54) is 23.8 Å². The molecule has 0 bridgehead atoms. The highest BCUT2D eigenvalue weighted by atomic mass is 19.1. The van der Waals surface area contributed by atoms with E-state index in [1.54, 1.807) is 6.07 Å². The van der Waals surface area contributed by atoms with Crippen LogP contribution < -0.4 is 0 Å². The summed E-state index contributed by atoms with van der Waals surface area (Å²) in [6.07, 6.45) is 2.05. The molecule has 0 fully saturated rings. The zero-order chi connectivity index (χ0) is 19.1. The smallest absolute Gasteiger partial charge is 0.141 e. The van der Waals surface area contributed by atoms with E-state index in [1.807, 2.05) is 12.1 Å². The van der Waals surface area contributed by atoms with Crippen LogP contribution in [0.1, 0.15) is 29.2 Å². The summed E-state index contributed by atoms with van der Waals surface area (Å²) in [4.78, 5) is 0. The number of aryl methyl sites for hydroxylation is 2. The number of rotatable bonds is 2. The van der Waals surface area contributed by atoms with Gasteiger partial charge in [0.2, 0.25) is 0 Å². The molecule has 4 rings (SSSR count). The Morgan fingerprint density at radius 1 is 0.926 bits per heavy atom. The van der Waals surface area contributed by atoms with Crippen molar-refractivity contribution in [1.29, 1.82) is 5.26 Å². The second-order valence-corrected chi connectivity index (χ2v) is 6.72. The fraction of sp³-hybridized carbons (Fsp3) is 0.174. The lowest BCUT2D eigenvalue weighted by molar-refractivity contribution is 0.576. The number of benzene rings is 3. The number of hydrogen-bond acceptors (Lipinski definition) is 1. The van der Waals surface area contributed by atoms with E-state index in [9.17, 15) is 8.78 Å². The second kappa shape index (κ2) is 6.59. The highest BCUT2D eigenvalue weighted by Gasteiger charge is 2.25. The van der Waals surface area contributed by atoms with Crippen molar-refractivity contribution < 1.29 is 13.2 Å². The summed E-state index contributed by atoms with van der Waals surface area (Å²) in [7, 11) is 0. The molecule has 0 spiro atoms. The van der Waals surface area contributed by atoms with Crippen molar-refractivity contribution >= 4 is 0 Å².